The summed E-state index contributed by atoms with van der Waals surface area (Å²) in [6.07, 6.45) is -11.8. The Balaban J connectivity index is 1.76. The molecule has 0 bridgehead atoms. The number of hydrogen-bond acceptors (Lipinski definition) is 3. The molecule has 0 aromatic heterocycles. The summed E-state index contributed by atoms with van der Waals surface area (Å²) in [5.41, 5.74) is -5.84. The predicted octanol–water partition coefficient (Wildman–Crippen LogP) is 7.59. The molecule has 0 aliphatic rings. The normalized spacial score (nSPS) is 13.0. The zero-order valence-electron chi connectivity index (χ0n) is 20.5. The smallest absolute Gasteiger partial charge is 0.349 e. The van der Waals surface area contributed by atoms with Crippen LogP contribution in [0, 0.1) is 0 Å². The Morgan fingerprint density at radius 2 is 1.28 bits per heavy atom. The molecule has 0 fully saturated rings. The maximum absolute atomic E-state index is 14.4. The van der Waals surface area contributed by atoms with Gasteiger partial charge in [0.05, 0.1) is 17.2 Å². The van der Waals surface area contributed by atoms with Crippen molar-refractivity contribution in [3.8, 4) is 0 Å². The minimum absolute atomic E-state index is 0.0747. The molecule has 206 valence electrons. The number of anilines is 1. The minimum Gasteiger partial charge on any atom is -0.349 e. The SMILES string of the molecule is CCN(c1ccc(C(OCc2cccc3ccccc23)(C(F)(F)F)C(F)(F)F)cc1)S(=O)(=O)c1ccccc1. The van der Waals surface area contributed by atoms with E-state index in [1.54, 1.807) is 36.4 Å². The van der Waals surface area contributed by atoms with Gasteiger partial charge in [0, 0.05) is 12.1 Å². The Bertz CT molecular complexity index is 1520. The first-order chi connectivity index (χ1) is 18.3. The molecule has 11 heteroatoms. The lowest BCUT2D eigenvalue weighted by Crippen LogP contribution is -2.55. The highest BCUT2D eigenvalue weighted by Gasteiger charge is 2.73. The van der Waals surface area contributed by atoms with E-state index in [-0.39, 0.29) is 22.7 Å². The number of alkyl halides is 6. The average Bonchev–Trinajstić information content (AvgIpc) is 2.89. The molecule has 39 heavy (non-hydrogen) atoms. The van der Waals surface area contributed by atoms with Crippen molar-refractivity contribution in [1.29, 1.82) is 0 Å². The monoisotopic (exact) mass is 567 g/mol. The second-order valence-corrected chi connectivity index (χ2v) is 10.5. The van der Waals surface area contributed by atoms with Gasteiger partial charge in [0.2, 0.25) is 0 Å². The van der Waals surface area contributed by atoms with Gasteiger partial charge in [-0.1, -0.05) is 72.8 Å². The molecule has 0 atom stereocenters. The van der Waals surface area contributed by atoms with Crippen LogP contribution in [0.25, 0.3) is 10.8 Å². The molecule has 0 saturated carbocycles. The molecule has 0 aliphatic heterocycles. The van der Waals surface area contributed by atoms with Crippen LogP contribution in [0.3, 0.4) is 0 Å². The van der Waals surface area contributed by atoms with Gasteiger partial charge in [-0.2, -0.15) is 26.3 Å². The van der Waals surface area contributed by atoms with Crippen LogP contribution in [-0.2, 0) is 27.0 Å². The van der Waals surface area contributed by atoms with Crippen LogP contribution < -0.4 is 4.31 Å². The summed E-state index contributed by atoms with van der Waals surface area (Å²) < 4.78 is 118. The van der Waals surface area contributed by atoms with Crippen LogP contribution in [-0.4, -0.2) is 27.3 Å². The molecule has 0 amide bonds. The van der Waals surface area contributed by atoms with Crippen LogP contribution in [0.4, 0.5) is 32.0 Å². The quantitative estimate of drug-likeness (QED) is 0.206. The number of ether oxygens (including phenoxy) is 1. The van der Waals surface area contributed by atoms with Gasteiger partial charge < -0.3 is 4.74 Å². The van der Waals surface area contributed by atoms with E-state index in [4.69, 9.17) is 4.74 Å². The lowest BCUT2D eigenvalue weighted by Gasteiger charge is -2.37. The first-order valence-corrected chi connectivity index (χ1v) is 13.2. The van der Waals surface area contributed by atoms with Crippen molar-refractivity contribution in [3.05, 3.63) is 108 Å². The van der Waals surface area contributed by atoms with Crippen molar-refractivity contribution in [3.63, 3.8) is 0 Å². The van der Waals surface area contributed by atoms with Crippen molar-refractivity contribution < 1.29 is 39.5 Å². The molecular weight excluding hydrogens is 544 g/mol. The Kier molecular flexibility index (Phi) is 7.68. The second-order valence-electron chi connectivity index (χ2n) is 8.63. The van der Waals surface area contributed by atoms with Crippen LogP contribution >= 0.6 is 0 Å². The zero-order valence-corrected chi connectivity index (χ0v) is 21.3. The van der Waals surface area contributed by atoms with E-state index < -0.39 is 40.1 Å². The third-order valence-corrected chi connectivity index (χ3v) is 8.22. The van der Waals surface area contributed by atoms with E-state index in [2.05, 4.69) is 0 Å². The number of halogens is 6. The lowest BCUT2D eigenvalue weighted by atomic mass is 9.91. The van der Waals surface area contributed by atoms with Gasteiger partial charge in [-0.05, 0) is 47.5 Å². The Morgan fingerprint density at radius 3 is 1.87 bits per heavy atom. The topological polar surface area (TPSA) is 46.6 Å². The van der Waals surface area contributed by atoms with Gasteiger partial charge in [0.1, 0.15) is 0 Å². The molecule has 0 aliphatic carbocycles. The lowest BCUT2D eigenvalue weighted by molar-refractivity contribution is -0.392. The number of hydrogen-bond donors (Lipinski definition) is 0. The van der Waals surface area contributed by atoms with E-state index in [0.29, 0.717) is 22.9 Å². The molecule has 4 rings (SSSR count). The number of fused-ring (bicyclic) bond motifs is 1. The fourth-order valence-electron chi connectivity index (χ4n) is 4.41. The van der Waals surface area contributed by atoms with E-state index in [1.165, 1.54) is 43.3 Å². The fourth-order valence-corrected chi connectivity index (χ4v) is 5.91. The summed E-state index contributed by atoms with van der Waals surface area (Å²) >= 11 is 0. The highest BCUT2D eigenvalue weighted by atomic mass is 32.2. The third kappa shape index (κ3) is 5.20. The highest BCUT2D eigenvalue weighted by molar-refractivity contribution is 7.92. The van der Waals surface area contributed by atoms with Crippen molar-refractivity contribution in [2.75, 3.05) is 10.8 Å². The summed E-state index contributed by atoms with van der Waals surface area (Å²) in [7, 11) is -4.12. The molecule has 0 unspecified atom stereocenters. The first kappa shape index (κ1) is 28.4. The van der Waals surface area contributed by atoms with E-state index >= 15 is 0 Å². The number of rotatable bonds is 8. The van der Waals surface area contributed by atoms with Gasteiger partial charge in [-0.25, -0.2) is 8.42 Å². The number of benzene rings is 4. The third-order valence-electron chi connectivity index (χ3n) is 6.30. The summed E-state index contributed by atoms with van der Waals surface area (Å²) in [6, 6.07) is 21.5. The molecule has 0 heterocycles. The van der Waals surface area contributed by atoms with Crippen molar-refractivity contribution in [2.45, 2.75) is 36.4 Å². The molecule has 0 spiro atoms. The average molecular weight is 568 g/mol. The minimum atomic E-state index is -5.89. The van der Waals surface area contributed by atoms with Crippen LogP contribution in [0.1, 0.15) is 18.1 Å². The van der Waals surface area contributed by atoms with Gasteiger partial charge in [0.15, 0.2) is 0 Å². The second kappa shape index (κ2) is 10.5. The van der Waals surface area contributed by atoms with E-state index in [0.717, 1.165) is 16.4 Å². The molecule has 4 aromatic rings. The Morgan fingerprint density at radius 1 is 0.718 bits per heavy atom. The van der Waals surface area contributed by atoms with Crippen molar-refractivity contribution in [2.24, 2.45) is 0 Å². The number of sulfonamides is 1. The molecular formula is C28H23F6NO3S. The van der Waals surface area contributed by atoms with Crippen LogP contribution in [0.5, 0.6) is 0 Å². The summed E-state index contributed by atoms with van der Waals surface area (Å²) in [4.78, 5) is -0.0747. The molecule has 4 aromatic carbocycles. The van der Waals surface area contributed by atoms with E-state index in [9.17, 15) is 34.8 Å². The number of nitrogens with zero attached hydrogens (tertiary/aromatic N) is 1. The fraction of sp³-hybridized carbons (Fsp3) is 0.214. The van der Waals surface area contributed by atoms with E-state index in [1.807, 2.05) is 0 Å². The Hall–Kier alpha value is -3.57. The predicted molar refractivity (Wildman–Crippen MR) is 136 cm³/mol. The van der Waals surface area contributed by atoms with Crippen molar-refractivity contribution in [1.82, 2.24) is 0 Å². The largest absolute Gasteiger partial charge is 0.430 e. The standard InChI is InChI=1S/C28H23F6NO3S/c1-2-35(39(36,37)24-12-4-3-5-13-24)23-17-15-22(16-18-23)26(27(29,30)31,28(32,33)34)38-19-21-11-8-10-20-9-6-7-14-25(20)21/h3-18H,2,19H2,1H3. The highest BCUT2D eigenvalue weighted by Crippen LogP contribution is 2.53. The Labute approximate surface area is 221 Å². The van der Waals surface area contributed by atoms with Gasteiger partial charge in [-0.15, -0.1) is 0 Å². The summed E-state index contributed by atoms with van der Waals surface area (Å²) in [6.45, 7) is 0.404. The summed E-state index contributed by atoms with van der Waals surface area (Å²) in [5, 5.41) is 1.09. The van der Waals surface area contributed by atoms with Gasteiger partial charge >= 0.3 is 12.4 Å². The maximum Gasteiger partial charge on any atom is 0.430 e. The summed E-state index contributed by atoms with van der Waals surface area (Å²) in [5.74, 6) is 0. The zero-order chi connectivity index (χ0) is 28.5. The van der Waals surface area contributed by atoms with Gasteiger partial charge in [0.25, 0.3) is 15.6 Å². The van der Waals surface area contributed by atoms with Crippen molar-refractivity contribution >= 4 is 26.5 Å². The first-order valence-electron chi connectivity index (χ1n) is 11.8. The van der Waals surface area contributed by atoms with Gasteiger partial charge in [-0.3, -0.25) is 4.31 Å². The maximum atomic E-state index is 14.4. The van der Waals surface area contributed by atoms with Crippen LogP contribution in [0.15, 0.2) is 102 Å². The molecule has 0 radical (unpaired) electrons. The molecule has 0 N–H and O–H groups in total. The molecule has 0 saturated heterocycles. The van der Waals surface area contributed by atoms with Crippen LogP contribution in [0.2, 0.25) is 0 Å². The molecule has 4 nitrogen and oxygen atoms in total.